The number of phenols is 8. The molecule has 0 amide bonds. The molecule has 10 N–H and O–H groups in total. The van der Waals surface area contributed by atoms with Crippen LogP contribution in [0.1, 0.15) is 22.3 Å². The van der Waals surface area contributed by atoms with Crippen molar-refractivity contribution in [3.05, 3.63) is 107 Å². The second-order valence-electron chi connectivity index (χ2n) is 10.7. The molecular formula is C36H32O16. The van der Waals surface area contributed by atoms with Gasteiger partial charge in [0.2, 0.25) is 12.2 Å². The summed E-state index contributed by atoms with van der Waals surface area (Å²) in [5, 5.41) is 92.9. The lowest BCUT2D eigenvalue weighted by molar-refractivity contribution is -0.160. The highest BCUT2D eigenvalue weighted by molar-refractivity contribution is 5.90. The van der Waals surface area contributed by atoms with Crippen molar-refractivity contribution in [2.75, 3.05) is 0 Å². The van der Waals surface area contributed by atoms with Crippen molar-refractivity contribution in [2.45, 2.75) is 25.0 Å². The molecule has 4 aromatic rings. The average molecular weight is 721 g/mol. The molecule has 272 valence electrons. The highest BCUT2D eigenvalue weighted by Crippen LogP contribution is 2.28. The van der Waals surface area contributed by atoms with Gasteiger partial charge in [-0.3, -0.25) is 0 Å². The maximum atomic E-state index is 11.8. The molecule has 0 aliphatic carbocycles. The smallest absolute Gasteiger partial charge is 0.345 e. The van der Waals surface area contributed by atoms with Crippen LogP contribution in [0.4, 0.5) is 0 Å². The number of carbonyl (C=O) groups excluding carboxylic acids is 2. The normalized spacial score (nSPS) is 12.0. The first-order valence-corrected chi connectivity index (χ1v) is 14.8. The third kappa shape index (κ3) is 12.0. The number of ether oxygens (including phenoxy) is 2. The zero-order valence-corrected chi connectivity index (χ0v) is 26.7. The molecule has 52 heavy (non-hydrogen) atoms. The van der Waals surface area contributed by atoms with E-state index in [4.69, 9.17) is 9.47 Å². The summed E-state index contributed by atoms with van der Waals surface area (Å²) in [6.07, 6.45) is 1.13. The van der Waals surface area contributed by atoms with Gasteiger partial charge in [-0.25, -0.2) is 19.2 Å². The Morgan fingerprint density at radius 1 is 0.462 bits per heavy atom. The van der Waals surface area contributed by atoms with E-state index >= 15 is 0 Å². The molecule has 4 rings (SSSR count). The van der Waals surface area contributed by atoms with Crippen molar-refractivity contribution >= 4 is 36.0 Å². The number of carboxylic acids is 2. The summed E-state index contributed by atoms with van der Waals surface area (Å²) in [4.78, 5) is 46.2. The van der Waals surface area contributed by atoms with Gasteiger partial charge in [-0.05, 0) is 82.9 Å². The molecule has 0 spiro atoms. The molecule has 4 aromatic carbocycles. The quantitative estimate of drug-likeness (QED) is 0.0569. The first kappa shape index (κ1) is 39.1. The van der Waals surface area contributed by atoms with E-state index in [2.05, 4.69) is 0 Å². The van der Waals surface area contributed by atoms with Gasteiger partial charge in [-0.2, -0.15) is 0 Å². The second kappa shape index (κ2) is 17.9. The van der Waals surface area contributed by atoms with Crippen LogP contribution in [0.3, 0.4) is 0 Å². The van der Waals surface area contributed by atoms with Crippen LogP contribution in [0.15, 0.2) is 84.9 Å². The van der Waals surface area contributed by atoms with Crippen LogP contribution in [0.5, 0.6) is 46.0 Å². The van der Waals surface area contributed by atoms with Gasteiger partial charge in [-0.15, -0.1) is 0 Å². The molecule has 0 unspecified atom stereocenters. The maximum absolute atomic E-state index is 11.8. The van der Waals surface area contributed by atoms with Gasteiger partial charge in [0.1, 0.15) is 0 Å². The van der Waals surface area contributed by atoms with Crippen LogP contribution in [-0.2, 0) is 41.5 Å². The van der Waals surface area contributed by atoms with Crippen molar-refractivity contribution in [2.24, 2.45) is 0 Å². The minimum Gasteiger partial charge on any atom is -0.504 e. The van der Waals surface area contributed by atoms with E-state index in [0.717, 1.165) is 12.2 Å². The number of carbonyl (C=O) groups is 4. The van der Waals surface area contributed by atoms with Crippen LogP contribution < -0.4 is 0 Å². The van der Waals surface area contributed by atoms with Crippen LogP contribution in [0.25, 0.3) is 12.2 Å². The Balaban J connectivity index is 0.000000280. The Labute approximate surface area is 293 Å². The minimum atomic E-state index is -1.50. The average Bonchev–Trinajstić information content (AvgIpc) is 3.08. The fourth-order valence-corrected chi connectivity index (χ4v) is 4.15. The van der Waals surface area contributed by atoms with Gasteiger partial charge in [0.15, 0.2) is 46.0 Å². The van der Waals surface area contributed by atoms with E-state index in [0.29, 0.717) is 22.3 Å². The number of phenolic OH excluding ortho intramolecular Hbond substituents is 8. The van der Waals surface area contributed by atoms with Crippen LogP contribution in [-0.4, -0.2) is 87.2 Å². The fourth-order valence-electron chi connectivity index (χ4n) is 4.15. The van der Waals surface area contributed by atoms with Gasteiger partial charge in [0.25, 0.3) is 0 Å². The van der Waals surface area contributed by atoms with Gasteiger partial charge in [0, 0.05) is 25.0 Å². The van der Waals surface area contributed by atoms with E-state index in [9.17, 15) is 70.2 Å². The van der Waals surface area contributed by atoms with Crippen molar-refractivity contribution < 1.29 is 79.7 Å². The lowest BCUT2D eigenvalue weighted by Gasteiger charge is -2.13. The first-order chi connectivity index (χ1) is 24.5. The van der Waals surface area contributed by atoms with Crippen molar-refractivity contribution in [3.63, 3.8) is 0 Å². The molecule has 0 fully saturated rings. The van der Waals surface area contributed by atoms with E-state index in [-0.39, 0.29) is 47.3 Å². The van der Waals surface area contributed by atoms with Gasteiger partial charge >= 0.3 is 23.9 Å². The van der Waals surface area contributed by atoms with Crippen molar-refractivity contribution in [1.82, 2.24) is 0 Å². The summed E-state index contributed by atoms with van der Waals surface area (Å²) in [7, 11) is 0. The Morgan fingerprint density at radius 3 is 1.06 bits per heavy atom. The third-order valence-corrected chi connectivity index (χ3v) is 6.81. The molecule has 0 saturated heterocycles. The standard InChI is InChI=1S/2C18H16O8/c2*19-12-4-1-10(7-14(12)21)3-6-17(23)26-16(18(24)25)9-11-2-5-13(20)15(22)8-11/h2*1-8,16,19-22H,9H2,(H,24,25)/b2*6-3+/t2*16-/m11/s1. The van der Waals surface area contributed by atoms with Crippen molar-refractivity contribution in [3.8, 4) is 46.0 Å². The van der Waals surface area contributed by atoms with Crippen LogP contribution in [0.2, 0.25) is 0 Å². The van der Waals surface area contributed by atoms with E-state index < -0.39 is 47.6 Å². The second-order valence-corrected chi connectivity index (χ2v) is 10.7. The van der Waals surface area contributed by atoms with Crippen LogP contribution >= 0.6 is 0 Å². The number of carboxylic acid groups (broad SMARTS) is 2. The highest BCUT2D eigenvalue weighted by atomic mass is 16.6. The SMILES string of the molecule is O=C(/C=C/c1ccc(O)c(O)c1)O[C@H](Cc1ccc(O)c(O)c1)C(=O)O.O=C(/C=C/c1ccc(O)c(O)c1)O[C@H](Cc1ccc(O)c(O)c1)C(=O)O. The summed E-state index contributed by atoms with van der Waals surface area (Å²) < 4.78 is 9.76. The predicted octanol–water partition coefficient (Wildman–Crippen LogP) is 3.52. The summed E-state index contributed by atoms with van der Waals surface area (Å²) >= 11 is 0. The fraction of sp³-hybridized carbons (Fsp3) is 0.111. The van der Waals surface area contributed by atoms with Gasteiger partial charge in [-0.1, -0.05) is 24.3 Å². The molecule has 16 heteroatoms. The van der Waals surface area contributed by atoms with E-state index in [1.54, 1.807) is 0 Å². The number of benzene rings is 4. The molecule has 0 saturated carbocycles. The molecule has 0 heterocycles. The summed E-state index contributed by atoms with van der Waals surface area (Å²) in [5.41, 5.74) is 1.50. The molecule has 0 aromatic heterocycles. The van der Waals surface area contributed by atoms with E-state index in [1.165, 1.54) is 84.9 Å². The Hall–Kier alpha value is -7.36. The molecule has 0 bridgehead atoms. The molecule has 16 nitrogen and oxygen atoms in total. The van der Waals surface area contributed by atoms with Crippen molar-refractivity contribution in [1.29, 1.82) is 0 Å². The zero-order valence-electron chi connectivity index (χ0n) is 26.7. The number of aliphatic carboxylic acids is 2. The number of aromatic hydroxyl groups is 8. The van der Waals surface area contributed by atoms with Gasteiger partial charge in [0.05, 0.1) is 0 Å². The Morgan fingerprint density at radius 2 is 0.769 bits per heavy atom. The lowest BCUT2D eigenvalue weighted by atomic mass is 10.1. The summed E-state index contributed by atoms with van der Waals surface area (Å²) in [6, 6.07) is 15.3. The predicted molar refractivity (Wildman–Crippen MR) is 180 cm³/mol. The number of esters is 2. The Bertz CT molecular complexity index is 1860. The van der Waals surface area contributed by atoms with E-state index in [1.807, 2.05) is 0 Å². The maximum Gasteiger partial charge on any atom is 0.345 e. The Kier molecular flexibility index (Phi) is 13.4. The van der Waals surface area contributed by atoms with Crippen LogP contribution in [0, 0.1) is 0 Å². The molecular weight excluding hydrogens is 688 g/mol. The largest absolute Gasteiger partial charge is 0.504 e. The third-order valence-electron chi connectivity index (χ3n) is 6.81. The monoisotopic (exact) mass is 720 g/mol. The zero-order chi connectivity index (χ0) is 38.5. The molecule has 2 atom stereocenters. The topological polar surface area (TPSA) is 289 Å². The number of rotatable bonds is 12. The highest BCUT2D eigenvalue weighted by Gasteiger charge is 2.23. The van der Waals surface area contributed by atoms with Gasteiger partial charge < -0.3 is 60.5 Å². The molecule has 0 aliphatic heterocycles. The molecule has 0 aliphatic rings. The summed E-state index contributed by atoms with van der Waals surface area (Å²) in [5.74, 6) is -7.47. The minimum absolute atomic E-state index is 0.206. The molecule has 0 radical (unpaired) electrons. The lowest BCUT2D eigenvalue weighted by Crippen LogP contribution is -2.28. The number of hydrogen-bond donors (Lipinski definition) is 10. The summed E-state index contributed by atoms with van der Waals surface area (Å²) in [6.45, 7) is 0. The first-order valence-electron chi connectivity index (χ1n) is 14.8. The number of hydrogen-bond acceptors (Lipinski definition) is 14.